The van der Waals surface area contributed by atoms with E-state index in [1.165, 1.54) is 0 Å². The summed E-state index contributed by atoms with van der Waals surface area (Å²) in [6.07, 6.45) is 0. The van der Waals surface area contributed by atoms with Gasteiger partial charge in [0, 0.05) is 0 Å². The molecule has 0 rings (SSSR count). The Bertz CT molecular complexity index is 356. The summed E-state index contributed by atoms with van der Waals surface area (Å²) in [6, 6.07) is 0. The summed E-state index contributed by atoms with van der Waals surface area (Å²) in [4.78, 5) is 45.3. The number of carbonyl (C=O) groups is 4. The van der Waals surface area contributed by atoms with Gasteiger partial charge < -0.3 is 26.0 Å². The number of carboxylic acid groups (broad SMARTS) is 1. The van der Waals surface area contributed by atoms with E-state index in [-0.39, 0.29) is 25.5 Å². The number of amides is 3. The molecule has 0 bridgehead atoms. The van der Waals surface area contributed by atoms with E-state index in [0.29, 0.717) is 0 Å². The Labute approximate surface area is 110 Å². The Hall–Kier alpha value is -2.16. The highest BCUT2D eigenvalue weighted by molar-refractivity contribution is 5.89. The first-order valence-electron chi connectivity index (χ1n) is 5.48. The van der Waals surface area contributed by atoms with Gasteiger partial charge in [0.2, 0.25) is 17.7 Å². The number of hydrogen-bond acceptors (Lipinski definition) is 5. The summed E-state index contributed by atoms with van der Waals surface area (Å²) in [5.41, 5.74) is 0. The van der Waals surface area contributed by atoms with Crippen LogP contribution in [-0.2, 0) is 19.2 Å². The van der Waals surface area contributed by atoms with Gasteiger partial charge in [-0.15, -0.1) is 0 Å². The molecule has 0 aromatic heterocycles. The molecule has 9 nitrogen and oxygen atoms in total. The summed E-state index contributed by atoms with van der Waals surface area (Å²) in [7, 11) is 3.43. The topological polar surface area (TPSA) is 128 Å². The van der Waals surface area contributed by atoms with E-state index in [0.717, 1.165) is 0 Å². The van der Waals surface area contributed by atoms with Crippen LogP contribution >= 0.6 is 0 Å². The molecule has 19 heavy (non-hydrogen) atoms. The first-order chi connectivity index (χ1) is 8.81. The van der Waals surface area contributed by atoms with Gasteiger partial charge in [-0.05, 0) is 14.1 Å². The largest absolute Gasteiger partial charge is 0.480 e. The Morgan fingerprint density at radius 1 is 0.842 bits per heavy atom. The lowest BCUT2D eigenvalue weighted by Crippen LogP contribution is -2.44. The van der Waals surface area contributed by atoms with Crippen molar-refractivity contribution >= 4 is 23.7 Å². The lowest BCUT2D eigenvalue weighted by Gasteiger charge is -2.10. The van der Waals surface area contributed by atoms with Crippen LogP contribution in [0.5, 0.6) is 0 Å². The molecule has 0 radical (unpaired) electrons. The minimum atomic E-state index is -1.17. The van der Waals surface area contributed by atoms with E-state index >= 15 is 0 Å². The second kappa shape index (κ2) is 8.86. The number of nitrogens with one attached hydrogen (secondary N) is 3. The van der Waals surface area contributed by atoms with Crippen LogP contribution in [0, 0.1) is 0 Å². The average Bonchev–Trinajstić information content (AvgIpc) is 2.30. The third-order valence-electron chi connectivity index (χ3n) is 1.79. The number of hydrogen-bond donors (Lipinski definition) is 4. The number of rotatable bonds is 8. The lowest BCUT2D eigenvalue weighted by atomic mass is 10.4. The van der Waals surface area contributed by atoms with Crippen molar-refractivity contribution in [2.75, 3.05) is 40.3 Å². The van der Waals surface area contributed by atoms with E-state index < -0.39 is 24.3 Å². The molecule has 0 aromatic rings. The van der Waals surface area contributed by atoms with Gasteiger partial charge >= 0.3 is 5.97 Å². The normalized spacial score (nSPS) is 9.84. The van der Waals surface area contributed by atoms with Gasteiger partial charge in [0.1, 0.15) is 6.54 Å². The standard InChI is InChI=1S/C10H18N4O5/c1-14(2)6-9(17)12-4-7(15)11-3-8(16)13-5-10(18)19/h3-6H2,1-2H3,(H,11,15)(H,12,17)(H,13,16)(H,18,19). The van der Waals surface area contributed by atoms with Crippen LogP contribution in [0.3, 0.4) is 0 Å². The van der Waals surface area contributed by atoms with Crippen molar-refractivity contribution in [1.29, 1.82) is 0 Å². The zero-order valence-electron chi connectivity index (χ0n) is 10.9. The third-order valence-corrected chi connectivity index (χ3v) is 1.79. The SMILES string of the molecule is CN(C)CC(=O)NCC(=O)NCC(=O)NCC(=O)O. The van der Waals surface area contributed by atoms with Crippen molar-refractivity contribution in [1.82, 2.24) is 20.9 Å². The van der Waals surface area contributed by atoms with Gasteiger partial charge in [-0.1, -0.05) is 0 Å². The number of carboxylic acids is 1. The highest BCUT2D eigenvalue weighted by Crippen LogP contribution is 1.74. The maximum absolute atomic E-state index is 11.2. The zero-order valence-corrected chi connectivity index (χ0v) is 10.9. The predicted molar refractivity (Wildman–Crippen MR) is 65.2 cm³/mol. The van der Waals surface area contributed by atoms with Gasteiger partial charge in [-0.3, -0.25) is 19.2 Å². The van der Waals surface area contributed by atoms with E-state index in [1.807, 2.05) is 0 Å². The molecular formula is C10H18N4O5. The first-order valence-corrected chi connectivity index (χ1v) is 5.48. The molecule has 0 unspecified atom stereocenters. The fourth-order valence-corrected chi connectivity index (χ4v) is 1.00. The summed E-state index contributed by atoms with van der Waals surface area (Å²) in [5.74, 6) is -2.63. The van der Waals surface area contributed by atoms with Gasteiger partial charge in [0.15, 0.2) is 0 Å². The van der Waals surface area contributed by atoms with Crippen LogP contribution in [-0.4, -0.2) is 74.0 Å². The van der Waals surface area contributed by atoms with E-state index in [4.69, 9.17) is 5.11 Å². The lowest BCUT2D eigenvalue weighted by molar-refractivity contribution is -0.137. The molecule has 108 valence electrons. The smallest absolute Gasteiger partial charge is 0.322 e. The monoisotopic (exact) mass is 274 g/mol. The molecule has 0 fully saturated rings. The molecule has 0 saturated heterocycles. The molecule has 0 spiro atoms. The second-order valence-corrected chi connectivity index (χ2v) is 3.96. The maximum atomic E-state index is 11.2. The number of aliphatic carboxylic acids is 1. The fraction of sp³-hybridized carbons (Fsp3) is 0.600. The van der Waals surface area contributed by atoms with Crippen LogP contribution in [0.1, 0.15) is 0 Å². The Morgan fingerprint density at radius 3 is 1.68 bits per heavy atom. The Kier molecular flexibility index (Phi) is 7.85. The van der Waals surface area contributed by atoms with Gasteiger partial charge in [-0.25, -0.2) is 0 Å². The minimum absolute atomic E-state index is 0.159. The van der Waals surface area contributed by atoms with E-state index in [2.05, 4.69) is 16.0 Å². The Morgan fingerprint density at radius 2 is 1.26 bits per heavy atom. The highest BCUT2D eigenvalue weighted by atomic mass is 16.4. The predicted octanol–water partition coefficient (Wildman–Crippen LogP) is -3.02. The first kappa shape index (κ1) is 16.8. The average molecular weight is 274 g/mol. The molecule has 0 heterocycles. The maximum Gasteiger partial charge on any atom is 0.322 e. The summed E-state index contributed by atoms with van der Waals surface area (Å²) >= 11 is 0. The van der Waals surface area contributed by atoms with E-state index in [9.17, 15) is 19.2 Å². The molecule has 4 N–H and O–H groups in total. The van der Waals surface area contributed by atoms with Crippen molar-refractivity contribution in [2.24, 2.45) is 0 Å². The van der Waals surface area contributed by atoms with Crippen LogP contribution in [0.15, 0.2) is 0 Å². The highest BCUT2D eigenvalue weighted by Gasteiger charge is 2.08. The summed E-state index contributed by atoms with van der Waals surface area (Å²) in [6.45, 7) is -0.921. The molecule has 0 aliphatic heterocycles. The number of likely N-dealkylation sites (N-methyl/N-ethyl adjacent to an activating group) is 1. The molecule has 0 aromatic carbocycles. The number of nitrogens with zero attached hydrogens (tertiary/aromatic N) is 1. The van der Waals surface area contributed by atoms with Crippen LogP contribution in [0.4, 0.5) is 0 Å². The quantitative estimate of drug-likeness (QED) is 0.373. The molecule has 0 saturated carbocycles. The molecule has 0 aliphatic carbocycles. The van der Waals surface area contributed by atoms with Crippen LogP contribution in [0.25, 0.3) is 0 Å². The van der Waals surface area contributed by atoms with Crippen LogP contribution < -0.4 is 16.0 Å². The van der Waals surface area contributed by atoms with E-state index in [1.54, 1.807) is 19.0 Å². The van der Waals surface area contributed by atoms with Crippen molar-refractivity contribution in [3.05, 3.63) is 0 Å². The minimum Gasteiger partial charge on any atom is -0.480 e. The fourth-order valence-electron chi connectivity index (χ4n) is 1.00. The molecule has 9 heteroatoms. The molecule has 0 aliphatic rings. The summed E-state index contributed by atoms with van der Waals surface area (Å²) in [5, 5.41) is 15.0. The Balaban J connectivity index is 3.72. The van der Waals surface area contributed by atoms with Crippen molar-refractivity contribution in [2.45, 2.75) is 0 Å². The summed E-state index contributed by atoms with van der Waals surface area (Å²) < 4.78 is 0. The molecule has 0 atom stereocenters. The van der Waals surface area contributed by atoms with Gasteiger partial charge in [0.05, 0.1) is 19.6 Å². The molecule has 3 amide bonds. The van der Waals surface area contributed by atoms with Gasteiger partial charge in [0.25, 0.3) is 0 Å². The second-order valence-electron chi connectivity index (χ2n) is 3.96. The van der Waals surface area contributed by atoms with Gasteiger partial charge in [-0.2, -0.15) is 0 Å². The number of carbonyl (C=O) groups excluding carboxylic acids is 3. The van der Waals surface area contributed by atoms with Crippen molar-refractivity contribution in [3.8, 4) is 0 Å². The zero-order chi connectivity index (χ0) is 14.8. The van der Waals surface area contributed by atoms with Crippen LogP contribution in [0.2, 0.25) is 0 Å². The third kappa shape index (κ3) is 10.7. The van der Waals surface area contributed by atoms with Crippen molar-refractivity contribution in [3.63, 3.8) is 0 Å². The molecular weight excluding hydrogens is 256 g/mol. The van der Waals surface area contributed by atoms with Crippen molar-refractivity contribution < 1.29 is 24.3 Å².